The zero-order valence-corrected chi connectivity index (χ0v) is 11.5. The van der Waals surface area contributed by atoms with Crippen LogP contribution in [0.15, 0.2) is 24.3 Å². The Hall–Kier alpha value is -0.980. The fraction of sp³-hybridized carbons (Fsp3) is 0.647. The van der Waals surface area contributed by atoms with Gasteiger partial charge in [0.05, 0.1) is 0 Å². The summed E-state index contributed by atoms with van der Waals surface area (Å²) in [6.45, 7) is 2.40. The predicted octanol–water partition coefficient (Wildman–Crippen LogP) is 5.09. The molecule has 1 aliphatic heterocycles. The molecule has 1 unspecified atom stereocenters. The van der Waals surface area contributed by atoms with Crippen LogP contribution in [0.5, 0.6) is 0 Å². The minimum absolute atomic E-state index is 0.397. The van der Waals surface area contributed by atoms with Gasteiger partial charge in [0.1, 0.15) is 0 Å². The van der Waals surface area contributed by atoms with Gasteiger partial charge in [-0.05, 0) is 36.8 Å². The maximum atomic E-state index is 3.91. The lowest BCUT2D eigenvalue weighted by Gasteiger charge is -2.44. The van der Waals surface area contributed by atoms with Gasteiger partial charge in [-0.1, -0.05) is 57.2 Å². The van der Waals surface area contributed by atoms with Gasteiger partial charge in [0, 0.05) is 11.2 Å². The zero-order valence-electron chi connectivity index (χ0n) is 11.5. The third-order valence-corrected chi connectivity index (χ3v) is 4.90. The molecule has 1 spiro atoms. The van der Waals surface area contributed by atoms with Crippen molar-refractivity contribution in [3.63, 3.8) is 0 Å². The number of anilines is 1. The van der Waals surface area contributed by atoms with E-state index < -0.39 is 0 Å². The highest BCUT2D eigenvalue weighted by Gasteiger charge is 2.36. The molecule has 0 saturated heterocycles. The number of nitrogens with one attached hydrogen (secondary N) is 1. The molecule has 1 heteroatoms. The van der Waals surface area contributed by atoms with Gasteiger partial charge in [0.15, 0.2) is 0 Å². The number of hydrogen-bond acceptors (Lipinski definition) is 1. The Bertz CT molecular complexity index is 402. The Balaban J connectivity index is 1.86. The van der Waals surface area contributed by atoms with Gasteiger partial charge >= 0.3 is 0 Å². The van der Waals surface area contributed by atoms with Crippen LogP contribution in [0.25, 0.3) is 0 Å². The molecule has 0 bridgehead atoms. The molecule has 0 radical (unpaired) electrons. The molecule has 1 aliphatic carbocycles. The lowest BCUT2D eigenvalue weighted by Crippen LogP contribution is -2.43. The summed E-state index contributed by atoms with van der Waals surface area (Å²) < 4.78 is 0. The van der Waals surface area contributed by atoms with E-state index in [0.717, 1.165) is 0 Å². The summed E-state index contributed by atoms with van der Waals surface area (Å²) in [4.78, 5) is 0. The summed E-state index contributed by atoms with van der Waals surface area (Å²) in [5.41, 5.74) is 3.32. The molecular formula is C17H25N. The van der Waals surface area contributed by atoms with Crippen molar-refractivity contribution in [2.24, 2.45) is 0 Å². The second-order valence-electron chi connectivity index (χ2n) is 6.37. The topological polar surface area (TPSA) is 12.0 Å². The smallest absolute Gasteiger partial charge is 0.0379 e. The van der Waals surface area contributed by atoms with Gasteiger partial charge in [0.25, 0.3) is 0 Å². The minimum Gasteiger partial charge on any atom is -0.379 e. The molecule has 1 N–H and O–H groups in total. The van der Waals surface area contributed by atoms with Crippen molar-refractivity contribution in [1.29, 1.82) is 0 Å². The van der Waals surface area contributed by atoms with Crippen molar-refractivity contribution in [3.05, 3.63) is 29.8 Å². The first-order chi connectivity index (χ1) is 8.79. The molecular weight excluding hydrogens is 218 g/mol. The third-order valence-electron chi connectivity index (χ3n) is 4.90. The number of benzene rings is 1. The van der Waals surface area contributed by atoms with Gasteiger partial charge in [-0.2, -0.15) is 0 Å². The molecule has 1 nitrogen and oxygen atoms in total. The average molecular weight is 243 g/mol. The molecule has 1 fully saturated rings. The van der Waals surface area contributed by atoms with E-state index in [-0.39, 0.29) is 0 Å². The molecule has 1 aromatic rings. The van der Waals surface area contributed by atoms with Gasteiger partial charge in [-0.15, -0.1) is 0 Å². The largest absolute Gasteiger partial charge is 0.379 e. The van der Waals surface area contributed by atoms with Crippen molar-refractivity contribution in [3.8, 4) is 0 Å². The molecule has 2 aliphatic rings. The molecule has 1 aromatic carbocycles. The summed E-state index contributed by atoms with van der Waals surface area (Å²) in [6.07, 6.45) is 11.2. The van der Waals surface area contributed by atoms with Gasteiger partial charge < -0.3 is 5.32 Å². The van der Waals surface area contributed by atoms with E-state index in [1.54, 1.807) is 0 Å². The van der Waals surface area contributed by atoms with E-state index in [1.165, 1.54) is 62.6 Å². The van der Waals surface area contributed by atoms with E-state index in [9.17, 15) is 0 Å². The lowest BCUT2D eigenvalue weighted by atomic mass is 9.73. The van der Waals surface area contributed by atoms with Gasteiger partial charge in [-0.25, -0.2) is 0 Å². The van der Waals surface area contributed by atoms with Crippen LogP contribution in [0.2, 0.25) is 0 Å². The number of fused-ring (bicyclic) bond motifs is 1. The summed E-state index contributed by atoms with van der Waals surface area (Å²) >= 11 is 0. The fourth-order valence-corrected chi connectivity index (χ4v) is 3.98. The first-order valence-electron chi connectivity index (χ1n) is 7.66. The highest BCUT2D eigenvalue weighted by molar-refractivity contribution is 5.57. The van der Waals surface area contributed by atoms with Crippen LogP contribution in [-0.4, -0.2) is 5.54 Å². The van der Waals surface area contributed by atoms with Crippen molar-refractivity contribution in [2.75, 3.05) is 5.32 Å². The Morgan fingerprint density at radius 3 is 2.44 bits per heavy atom. The van der Waals surface area contributed by atoms with E-state index >= 15 is 0 Å². The van der Waals surface area contributed by atoms with E-state index in [1.807, 2.05) is 0 Å². The van der Waals surface area contributed by atoms with E-state index in [2.05, 4.69) is 36.5 Å². The normalized spacial score (nSPS) is 26.8. The Kier molecular flexibility index (Phi) is 3.32. The van der Waals surface area contributed by atoms with E-state index in [0.29, 0.717) is 11.5 Å². The summed E-state index contributed by atoms with van der Waals surface area (Å²) in [5.74, 6) is 0.710. The summed E-state index contributed by atoms with van der Waals surface area (Å²) in [5, 5.41) is 3.91. The van der Waals surface area contributed by atoms with Crippen molar-refractivity contribution in [1.82, 2.24) is 0 Å². The number of hydrogen-bond donors (Lipinski definition) is 1. The minimum atomic E-state index is 0.397. The van der Waals surface area contributed by atoms with E-state index in [4.69, 9.17) is 0 Å². The first-order valence-corrected chi connectivity index (χ1v) is 7.66. The number of para-hydroxylation sites is 1. The third kappa shape index (κ3) is 2.28. The Labute approximate surface area is 111 Å². The second kappa shape index (κ2) is 4.95. The quantitative estimate of drug-likeness (QED) is 0.669. The SMILES string of the molecule is CC1CC2(CCCCCCC2)Nc2ccccc21. The van der Waals surface area contributed by atoms with Crippen LogP contribution in [0.1, 0.15) is 69.8 Å². The molecule has 0 amide bonds. The van der Waals surface area contributed by atoms with Crippen molar-refractivity contribution in [2.45, 2.75) is 69.7 Å². The van der Waals surface area contributed by atoms with Gasteiger partial charge in [0.2, 0.25) is 0 Å². The maximum Gasteiger partial charge on any atom is 0.0379 e. The highest BCUT2D eigenvalue weighted by Crippen LogP contribution is 2.44. The van der Waals surface area contributed by atoms with Crippen LogP contribution in [-0.2, 0) is 0 Å². The molecule has 0 aromatic heterocycles. The van der Waals surface area contributed by atoms with Crippen molar-refractivity contribution < 1.29 is 0 Å². The Morgan fingerprint density at radius 1 is 1.00 bits per heavy atom. The van der Waals surface area contributed by atoms with Crippen LogP contribution < -0.4 is 5.32 Å². The van der Waals surface area contributed by atoms with Crippen LogP contribution in [0.4, 0.5) is 5.69 Å². The van der Waals surface area contributed by atoms with Crippen LogP contribution in [0.3, 0.4) is 0 Å². The second-order valence-corrected chi connectivity index (χ2v) is 6.37. The lowest BCUT2D eigenvalue weighted by molar-refractivity contribution is 0.300. The van der Waals surface area contributed by atoms with Crippen molar-refractivity contribution >= 4 is 5.69 Å². The zero-order chi connectivity index (χ0) is 12.4. The molecule has 1 atom stereocenters. The summed E-state index contributed by atoms with van der Waals surface area (Å²) in [6, 6.07) is 8.90. The molecule has 98 valence electrons. The molecule has 1 saturated carbocycles. The summed E-state index contributed by atoms with van der Waals surface area (Å²) in [7, 11) is 0. The highest BCUT2D eigenvalue weighted by atomic mass is 15.0. The number of rotatable bonds is 0. The van der Waals surface area contributed by atoms with Crippen LogP contribution >= 0.6 is 0 Å². The monoisotopic (exact) mass is 243 g/mol. The molecule has 3 rings (SSSR count). The standard InChI is InChI=1S/C17H25N/c1-14-13-17(11-7-3-2-4-8-12-17)18-16-10-6-5-9-15(14)16/h5-6,9-10,14,18H,2-4,7-8,11-13H2,1H3. The maximum absolute atomic E-state index is 3.91. The van der Waals surface area contributed by atoms with Crippen LogP contribution in [0, 0.1) is 0 Å². The first kappa shape index (κ1) is 12.1. The predicted molar refractivity (Wildman–Crippen MR) is 78.1 cm³/mol. The fourth-order valence-electron chi connectivity index (χ4n) is 3.98. The van der Waals surface area contributed by atoms with Gasteiger partial charge in [-0.3, -0.25) is 0 Å². The average Bonchev–Trinajstić information content (AvgIpc) is 2.35. The molecule has 1 heterocycles. The Morgan fingerprint density at radius 2 is 1.67 bits per heavy atom. The molecule has 18 heavy (non-hydrogen) atoms.